The lowest BCUT2D eigenvalue weighted by Gasteiger charge is -2.37. The number of carbonyl (C=O) groups is 1. The highest BCUT2D eigenvalue weighted by Gasteiger charge is 2.29. The Bertz CT molecular complexity index is 523. The highest BCUT2D eigenvalue weighted by Crippen LogP contribution is 2.30. The van der Waals surface area contributed by atoms with Gasteiger partial charge in [-0.15, -0.1) is 0 Å². The number of carbonyl (C=O) groups excluding carboxylic acids is 1. The van der Waals surface area contributed by atoms with E-state index in [9.17, 15) is 4.79 Å². The first kappa shape index (κ1) is 17.0. The van der Waals surface area contributed by atoms with Crippen molar-refractivity contribution in [3.8, 4) is 11.5 Å². The van der Waals surface area contributed by atoms with E-state index in [1.165, 1.54) is 0 Å². The number of nitrogens with zero attached hydrogens (tertiary/aromatic N) is 1. The van der Waals surface area contributed by atoms with E-state index in [2.05, 4.69) is 13.8 Å². The first-order valence-electron chi connectivity index (χ1n) is 7.42. The molecule has 1 aromatic carbocycles. The molecule has 0 bridgehead atoms. The summed E-state index contributed by atoms with van der Waals surface area (Å²) >= 11 is 1.90. The summed E-state index contributed by atoms with van der Waals surface area (Å²) in [6, 6.07) is 5.38. The summed E-state index contributed by atoms with van der Waals surface area (Å²) in [5, 5.41) is 9.33. The highest BCUT2D eigenvalue weighted by atomic mass is 32.2. The van der Waals surface area contributed by atoms with Crippen molar-refractivity contribution in [2.75, 3.05) is 32.6 Å². The molecule has 122 valence electrons. The minimum Gasteiger partial charge on any atom is -0.493 e. The zero-order chi connectivity index (χ0) is 16.1. The Balaban J connectivity index is 2.21. The van der Waals surface area contributed by atoms with Crippen LogP contribution in [0.5, 0.6) is 11.5 Å². The number of amides is 1. The maximum atomic E-state index is 12.8. The lowest BCUT2D eigenvalue weighted by molar-refractivity contribution is 0.0697. The van der Waals surface area contributed by atoms with Gasteiger partial charge >= 0.3 is 0 Å². The number of rotatable bonds is 5. The monoisotopic (exact) mass is 325 g/mol. The van der Waals surface area contributed by atoms with E-state index in [4.69, 9.17) is 14.6 Å². The highest BCUT2D eigenvalue weighted by molar-refractivity contribution is 8.00. The topological polar surface area (TPSA) is 59.0 Å². The van der Waals surface area contributed by atoms with Crippen LogP contribution in [0.25, 0.3) is 0 Å². The summed E-state index contributed by atoms with van der Waals surface area (Å²) in [7, 11) is 1.55. The fourth-order valence-electron chi connectivity index (χ4n) is 2.46. The predicted molar refractivity (Wildman–Crippen MR) is 88.0 cm³/mol. The molecular formula is C16H23NO4S. The van der Waals surface area contributed by atoms with Crippen LogP contribution < -0.4 is 9.47 Å². The van der Waals surface area contributed by atoms with E-state index >= 15 is 0 Å². The number of thioether (sulfide) groups is 1. The SMILES string of the molecule is COc1ccc(C(=O)N2CCS[C@H](C)[C@H]2C)cc1OCCO. The first-order chi connectivity index (χ1) is 10.6. The van der Waals surface area contributed by atoms with Gasteiger partial charge < -0.3 is 19.5 Å². The average molecular weight is 325 g/mol. The van der Waals surface area contributed by atoms with Gasteiger partial charge in [-0.25, -0.2) is 0 Å². The van der Waals surface area contributed by atoms with Crippen LogP contribution in [0.3, 0.4) is 0 Å². The van der Waals surface area contributed by atoms with E-state index < -0.39 is 0 Å². The Hall–Kier alpha value is -1.40. The van der Waals surface area contributed by atoms with Crippen molar-refractivity contribution >= 4 is 17.7 Å². The van der Waals surface area contributed by atoms with Gasteiger partial charge in [0, 0.05) is 29.2 Å². The van der Waals surface area contributed by atoms with Gasteiger partial charge in [-0.2, -0.15) is 11.8 Å². The molecule has 1 N–H and O–H groups in total. The number of hydrogen-bond acceptors (Lipinski definition) is 5. The molecule has 0 saturated carbocycles. The zero-order valence-corrected chi connectivity index (χ0v) is 14.1. The molecule has 0 unspecified atom stereocenters. The van der Waals surface area contributed by atoms with Gasteiger partial charge in [-0.1, -0.05) is 6.92 Å². The molecule has 1 heterocycles. The third-order valence-electron chi connectivity index (χ3n) is 3.90. The lowest BCUT2D eigenvalue weighted by Crippen LogP contribution is -2.47. The Kier molecular flexibility index (Phi) is 5.97. The van der Waals surface area contributed by atoms with Gasteiger partial charge in [0.2, 0.25) is 0 Å². The molecule has 1 amide bonds. The van der Waals surface area contributed by atoms with Crippen molar-refractivity contribution in [2.45, 2.75) is 25.1 Å². The van der Waals surface area contributed by atoms with Crippen LogP contribution in [-0.4, -0.2) is 59.8 Å². The van der Waals surface area contributed by atoms with E-state index in [0.29, 0.717) is 22.3 Å². The molecule has 22 heavy (non-hydrogen) atoms. The molecule has 0 spiro atoms. The lowest BCUT2D eigenvalue weighted by atomic mass is 10.1. The van der Waals surface area contributed by atoms with Gasteiger partial charge in [0.1, 0.15) is 6.61 Å². The van der Waals surface area contributed by atoms with Gasteiger partial charge in [0.25, 0.3) is 5.91 Å². The van der Waals surface area contributed by atoms with Crippen molar-refractivity contribution in [1.82, 2.24) is 4.90 Å². The number of methoxy groups -OCH3 is 1. The summed E-state index contributed by atoms with van der Waals surface area (Å²) in [5.74, 6) is 2.01. The molecule has 1 aliphatic rings. The van der Waals surface area contributed by atoms with Crippen LogP contribution in [0, 0.1) is 0 Å². The second-order valence-corrected chi connectivity index (χ2v) is 6.74. The van der Waals surface area contributed by atoms with Gasteiger partial charge in [-0.05, 0) is 25.1 Å². The van der Waals surface area contributed by atoms with E-state index in [1.807, 2.05) is 16.7 Å². The second-order valence-electron chi connectivity index (χ2n) is 5.25. The summed E-state index contributed by atoms with van der Waals surface area (Å²) in [5.41, 5.74) is 0.583. The predicted octanol–water partition coefficient (Wildman–Crippen LogP) is 2.03. The Morgan fingerprint density at radius 3 is 2.86 bits per heavy atom. The van der Waals surface area contributed by atoms with Crippen LogP contribution in [0.15, 0.2) is 18.2 Å². The number of hydrogen-bond donors (Lipinski definition) is 1. The molecule has 5 nitrogen and oxygen atoms in total. The van der Waals surface area contributed by atoms with Crippen LogP contribution >= 0.6 is 11.8 Å². The maximum absolute atomic E-state index is 12.8. The first-order valence-corrected chi connectivity index (χ1v) is 8.47. The number of ether oxygens (including phenoxy) is 2. The summed E-state index contributed by atoms with van der Waals surface area (Å²) in [4.78, 5) is 14.7. The van der Waals surface area contributed by atoms with Crippen LogP contribution in [0.2, 0.25) is 0 Å². The summed E-state index contributed by atoms with van der Waals surface area (Å²) in [6.07, 6.45) is 0. The smallest absolute Gasteiger partial charge is 0.254 e. The number of aliphatic hydroxyl groups is 1. The fourth-order valence-corrected chi connectivity index (χ4v) is 3.56. The largest absolute Gasteiger partial charge is 0.493 e. The molecule has 1 saturated heterocycles. The van der Waals surface area contributed by atoms with Gasteiger partial charge in [-0.3, -0.25) is 4.79 Å². The van der Waals surface area contributed by atoms with E-state index in [1.54, 1.807) is 25.3 Å². The molecule has 0 aromatic heterocycles. The van der Waals surface area contributed by atoms with Gasteiger partial charge in [0.05, 0.1) is 13.7 Å². The molecule has 6 heteroatoms. The van der Waals surface area contributed by atoms with Crippen LogP contribution in [0.1, 0.15) is 24.2 Å². The summed E-state index contributed by atoms with van der Waals surface area (Å²) < 4.78 is 10.7. The van der Waals surface area contributed by atoms with Crippen molar-refractivity contribution in [1.29, 1.82) is 0 Å². The molecule has 2 rings (SSSR count). The maximum Gasteiger partial charge on any atom is 0.254 e. The van der Waals surface area contributed by atoms with Crippen LogP contribution in [0.4, 0.5) is 0 Å². The Morgan fingerprint density at radius 1 is 1.41 bits per heavy atom. The molecule has 0 radical (unpaired) electrons. The summed E-state index contributed by atoms with van der Waals surface area (Å²) in [6.45, 7) is 5.08. The molecule has 0 aliphatic carbocycles. The fraction of sp³-hybridized carbons (Fsp3) is 0.562. The molecule has 2 atom stereocenters. The van der Waals surface area contributed by atoms with E-state index in [-0.39, 0.29) is 25.2 Å². The van der Waals surface area contributed by atoms with Crippen molar-refractivity contribution < 1.29 is 19.4 Å². The van der Waals surface area contributed by atoms with Crippen molar-refractivity contribution in [3.05, 3.63) is 23.8 Å². The third-order valence-corrected chi connectivity index (χ3v) is 5.24. The van der Waals surface area contributed by atoms with Crippen LogP contribution in [-0.2, 0) is 0 Å². The number of aliphatic hydroxyl groups excluding tert-OH is 1. The Morgan fingerprint density at radius 2 is 2.18 bits per heavy atom. The average Bonchev–Trinajstić information content (AvgIpc) is 2.54. The molecule has 1 aromatic rings. The minimum absolute atomic E-state index is 0.0103. The van der Waals surface area contributed by atoms with E-state index in [0.717, 1.165) is 12.3 Å². The number of benzene rings is 1. The quantitative estimate of drug-likeness (QED) is 0.898. The molecular weight excluding hydrogens is 302 g/mol. The molecule has 1 fully saturated rings. The van der Waals surface area contributed by atoms with Gasteiger partial charge in [0.15, 0.2) is 11.5 Å². The van der Waals surface area contributed by atoms with Crippen molar-refractivity contribution in [2.24, 2.45) is 0 Å². The second kappa shape index (κ2) is 7.74. The standard InChI is InChI=1S/C16H23NO4S/c1-11-12(2)22-9-6-17(11)16(19)13-4-5-14(20-3)15(10-13)21-8-7-18/h4-5,10-12,18H,6-9H2,1-3H3/t11-,12-/m1/s1. The normalized spacial score (nSPS) is 21.5. The third kappa shape index (κ3) is 3.67. The minimum atomic E-state index is -0.0841. The van der Waals surface area contributed by atoms with Crippen molar-refractivity contribution in [3.63, 3.8) is 0 Å². The zero-order valence-electron chi connectivity index (χ0n) is 13.2. The Labute approximate surface area is 135 Å². The molecule has 1 aliphatic heterocycles.